The molecule has 26 heavy (non-hydrogen) atoms. The van der Waals surface area contributed by atoms with Crippen molar-refractivity contribution in [1.29, 1.82) is 0 Å². The van der Waals surface area contributed by atoms with Crippen molar-refractivity contribution in [2.45, 2.75) is 5.92 Å². The van der Waals surface area contributed by atoms with Crippen molar-refractivity contribution in [2.75, 3.05) is 0 Å². The van der Waals surface area contributed by atoms with Gasteiger partial charge in [0.1, 0.15) is 5.82 Å². The molecule has 0 bridgehead atoms. The van der Waals surface area contributed by atoms with Crippen molar-refractivity contribution in [2.24, 2.45) is 0 Å². The molecule has 0 aromatic heterocycles. The van der Waals surface area contributed by atoms with Gasteiger partial charge in [0.25, 0.3) is 5.91 Å². The average Bonchev–Trinajstić information content (AvgIpc) is 2.68. The van der Waals surface area contributed by atoms with Gasteiger partial charge in [-0.1, -0.05) is 60.7 Å². The summed E-state index contributed by atoms with van der Waals surface area (Å²) < 4.78 is 12.9. The van der Waals surface area contributed by atoms with E-state index in [-0.39, 0.29) is 11.5 Å². The zero-order chi connectivity index (χ0) is 18.4. The molecule has 0 spiro atoms. The van der Waals surface area contributed by atoms with Crippen molar-refractivity contribution in [3.05, 3.63) is 107 Å². The molecule has 0 aliphatic heterocycles. The zero-order valence-electron chi connectivity index (χ0n) is 13.9. The summed E-state index contributed by atoms with van der Waals surface area (Å²) in [4.78, 5) is 24.9. The van der Waals surface area contributed by atoms with Gasteiger partial charge < -0.3 is 0 Å². The maximum absolute atomic E-state index is 12.9. The average molecular weight is 348 g/mol. The molecule has 0 unspecified atom stereocenters. The largest absolute Gasteiger partial charge is 0.272 e. The molecule has 0 fully saturated rings. The first kappa shape index (κ1) is 17.4. The Morgan fingerprint density at radius 1 is 0.692 bits per heavy atom. The predicted octanol–water partition coefficient (Wildman–Crippen LogP) is 3.42. The van der Waals surface area contributed by atoms with E-state index in [0.29, 0.717) is 0 Å². The lowest BCUT2D eigenvalue weighted by atomic mass is 9.91. The first-order valence-electron chi connectivity index (χ1n) is 8.11. The van der Waals surface area contributed by atoms with Crippen LogP contribution in [0.15, 0.2) is 84.9 Å². The van der Waals surface area contributed by atoms with E-state index in [9.17, 15) is 14.0 Å². The Morgan fingerprint density at radius 3 is 1.69 bits per heavy atom. The third-order valence-corrected chi connectivity index (χ3v) is 3.93. The first-order chi connectivity index (χ1) is 12.6. The van der Waals surface area contributed by atoms with Crippen LogP contribution in [0.5, 0.6) is 0 Å². The number of rotatable bonds is 4. The van der Waals surface area contributed by atoms with Crippen LogP contribution in [-0.4, -0.2) is 11.8 Å². The summed E-state index contributed by atoms with van der Waals surface area (Å²) in [6.07, 6.45) is 0. The third-order valence-electron chi connectivity index (χ3n) is 3.93. The molecule has 3 rings (SSSR count). The van der Waals surface area contributed by atoms with Crippen molar-refractivity contribution in [3.63, 3.8) is 0 Å². The van der Waals surface area contributed by atoms with E-state index < -0.39 is 17.6 Å². The lowest BCUT2D eigenvalue weighted by Gasteiger charge is -2.18. The summed E-state index contributed by atoms with van der Waals surface area (Å²) in [7, 11) is 0. The van der Waals surface area contributed by atoms with Gasteiger partial charge in [-0.15, -0.1) is 0 Å². The predicted molar refractivity (Wildman–Crippen MR) is 96.7 cm³/mol. The van der Waals surface area contributed by atoms with Crippen LogP contribution < -0.4 is 10.9 Å². The highest BCUT2D eigenvalue weighted by molar-refractivity contribution is 5.96. The highest BCUT2D eigenvalue weighted by atomic mass is 19.1. The van der Waals surface area contributed by atoms with Crippen LogP contribution >= 0.6 is 0 Å². The Balaban J connectivity index is 1.76. The smallest absolute Gasteiger partial charge is 0.269 e. The Bertz CT molecular complexity index is 841. The molecule has 0 saturated carbocycles. The van der Waals surface area contributed by atoms with E-state index in [1.165, 1.54) is 24.3 Å². The molecular weight excluding hydrogens is 331 g/mol. The molecule has 5 heteroatoms. The fourth-order valence-electron chi connectivity index (χ4n) is 2.65. The minimum absolute atomic E-state index is 0.252. The lowest BCUT2D eigenvalue weighted by Crippen LogP contribution is -2.44. The number of hydrazine groups is 1. The van der Waals surface area contributed by atoms with Gasteiger partial charge in [-0.3, -0.25) is 20.4 Å². The molecule has 3 aromatic rings. The molecule has 0 aliphatic rings. The standard InChI is InChI=1S/C21H17FN2O2/c22-18-13-11-17(12-14-18)20(25)23-24-21(26)19(15-7-3-1-4-8-15)16-9-5-2-6-10-16/h1-14,19H,(H,23,25)(H,24,26). The quantitative estimate of drug-likeness (QED) is 0.710. The normalized spacial score (nSPS) is 10.4. The first-order valence-corrected chi connectivity index (χ1v) is 8.11. The Hall–Kier alpha value is -3.47. The molecule has 0 saturated heterocycles. The molecule has 2 N–H and O–H groups in total. The molecule has 0 aliphatic carbocycles. The second kappa shape index (κ2) is 8.07. The fraction of sp³-hybridized carbons (Fsp3) is 0.0476. The SMILES string of the molecule is O=C(NNC(=O)C(c1ccccc1)c1ccccc1)c1ccc(F)cc1. The Labute approximate surface area is 150 Å². The third kappa shape index (κ3) is 4.13. The second-order valence-corrected chi connectivity index (χ2v) is 5.70. The number of carbonyl (C=O) groups excluding carboxylic acids is 2. The maximum atomic E-state index is 12.9. The maximum Gasteiger partial charge on any atom is 0.269 e. The van der Waals surface area contributed by atoms with Crippen molar-refractivity contribution < 1.29 is 14.0 Å². The van der Waals surface area contributed by atoms with E-state index in [0.717, 1.165) is 11.1 Å². The van der Waals surface area contributed by atoms with E-state index >= 15 is 0 Å². The summed E-state index contributed by atoms with van der Waals surface area (Å²) in [5.41, 5.74) is 6.71. The molecule has 4 nitrogen and oxygen atoms in total. The zero-order valence-corrected chi connectivity index (χ0v) is 13.9. The fourth-order valence-corrected chi connectivity index (χ4v) is 2.65. The van der Waals surface area contributed by atoms with E-state index in [1.807, 2.05) is 60.7 Å². The Kier molecular flexibility index (Phi) is 5.39. The number of nitrogens with one attached hydrogen (secondary N) is 2. The highest BCUT2D eigenvalue weighted by Crippen LogP contribution is 2.24. The van der Waals surface area contributed by atoms with Gasteiger partial charge in [0.15, 0.2) is 0 Å². The van der Waals surface area contributed by atoms with Gasteiger partial charge >= 0.3 is 0 Å². The second-order valence-electron chi connectivity index (χ2n) is 5.70. The van der Waals surface area contributed by atoms with Crippen molar-refractivity contribution >= 4 is 11.8 Å². The van der Waals surface area contributed by atoms with E-state index in [4.69, 9.17) is 0 Å². The van der Waals surface area contributed by atoms with Gasteiger partial charge in [-0.05, 0) is 35.4 Å². The summed E-state index contributed by atoms with van der Waals surface area (Å²) >= 11 is 0. The molecule has 2 amide bonds. The number of halogens is 1. The van der Waals surface area contributed by atoms with Gasteiger partial charge in [0, 0.05) is 5.56 Å². The summed E-state index contributed by atoms with van der Waals surface area (Å²) in [5.74, 6) is -1.87. The number of hydrogen-bond acceptors (Lipinski definition) is 2. The highest BCUT2D eigenvalue weighted by Gasteiger charge is 2.23. The van der Waals surface area contributed by atoms with E-state index in [1.54, 1.807) is 0 Å². The lowest BCUT2D eigenvalue weighted by molar-refractivity contribution is -0.122. The van der Waals surface area contributed by atoms with Gasteiger partial charge in [0.2, 0.25) is 5.91 Å². The Morgan fingerprint density at radius 2 is 1.19 bits per heavy atom. The minimum Gasteiger partial charge on any atom is -0.272 e. The molecular formula is C21H17FN2O2. The monoisotopic (exact) mass is 348 g/mol. The number of hydrogen-bond donors (Lipinski definition) is 2. The minimum atomic E-state index is -0.564. The van der Waals surface area contributed by atoms with Crippen LogP contribution in [-0.2, 0) is 4.79 Å². The molecule has 0 atom stereocenters. The van der Waals surface area contributed by atoms with Crippen molar-refractivity contribution in [3.8, 4) is 0 Å². The summed E-state index contributed by atoms with van der Waals surface area (Å²) in [6.45, 7) is 0. The molecule has 0 heterocycles. The van der Waals surface area contributed by atoms with Gasteiger partial charge in [-0.25, -0.2) is 4.39 Å². The van der Waals surface area contributed by atoms with Crippen LogP contribution in [0.2, 0.25) is 0 Å². The van der Waals surface area contributed by atoms with E-state index in [2.05, 4.69) is 10.9 Å². The topological polar surface area (TPSA) is 58.2 Å². The number of benzene rings is 3. The van der Waals surface area contributed by atoms with Gasteiger partial charge in [-0.2, -0.15) is 0 Å². The molecule has 3 aromatic carbocycles. The number of amides is 2. The van der Waals surface area contributed by atoms with Gasteiger partial charge in [0.05, 0.1) is 5.92 Å². The number of carbonyl (C=O) groups is 2. The van der Waals surface area contributed by atoms with Crippen LogP contribution in [0.1, 0.15) is 27.4 Å². The molecule has 0 radical (unpaired) electrons. The summed E-state index contributed by atoms with van der Waals surface area (Å²) in [6, 6.07) is 23.7. The van der Waals surface area contributed by atoms with Crippen LogP contribution in [0.3, 0.4) is 0 Å². The van der Waals surface area contributed by atoms with Crippen LogP contribution in [0.25, 0.3) is 0 Å². The van der Waals surface area contributed by atoms with Crippen LogP contribution in [0.4, 0.5) is 4.39 Å². The summed E-state index contributed by atoms with van der Waals surface area (Å²) in [5, 5.41) is 0. The van der Waals surface area contributed by atoms with Crippen LogP contribution in [0, 0.1) is 5.82 Å². The van der Waals surface area contributed by atoms with Crippen molar-refractivity contribution in [1.82, 2.24) is 10.9 Å². The molecule has 130 valence electrons.